The molecule has 0 saturated carbocycles. The Balaban J connectivity index is 1.51. The lowest BCUT2D eigenvalue weighted by Gasteiger charge is -2.41. The summed E-state index contributed by atoms with van der Waals surface area (Å²) in [4.78, 5) is 12.6. The fourth-order valence-corrected chi connectivity index (χ4v) is 5.53. The van der Waals surface area contributed by atoms with Crippen molar-refractivity contribution < 1.29 is 4.74 Å². The Labute approximate surface area is 237 Å². The number of aromatic nitrogens is 2. The highest BCUT2D eigenvalue weighted by Crippen LogP contribution is 2.49. The minimum atomic E-state index is -0.269. The van der Waals surface area contributed by atoms with Gasteiger partial charge < -0.3 is 15.0 Å². The number of nitrogens with one attached hydrogen (secondary N) is 1. The fraction of sp³-hybridized carbons (Fsp3) is 0.0938. The molecule has 0 unspecified atom stereocenters. The van der Waals surface area contributed by atoms with E-state index in [1.54, 1.807) is 7.11 Å². The van der Waals surface area contributed by atoms with Crippen molar-refractivity contribution in [2.45, 2.75) is 13.0 Å². The van der Waals surface area contributed by atoms with Gasteiger partial charge in [-0.25, -0.2) is 14.7 Å². The molecule has 4 aromatic carbocycles. The molecule has 3 heterocycles. The van der Waals surface area contributed by atoms with Crippen LogP contribution in [0.1, 0.15) is 22.9 Å². The van der Waals surface area contributed by atoms with Crippen molar-refractivity contribution in [3.05, 3.63) is 125 Å². The maximum Gasteiger partial charge on any atom is 0.179 e. The first kappa shape index (κ1) is 24.2. The number of fused-ring (bicyclic) bond motifs is 4. The van der Waals surface area contributed by atoms with Gasteiger partial charge in [-0.2, -0.15) is 5.10 Å². The SMILES string of the molecule is COc1ccccc1[C@H]1c2c(C)nn(-c3ccccc3)c2N=C2C(Nc3ccc(Cl)cc3)=Nc3ccccc3N21. The lowest BCUT2D eigenvalue weighted by molar-refractivity contribution is 0.407. The lowest BCUT2D eigenvalue weighted by atomic mass is 9.92. The second-order valence-electron chi connectivity index (χ2n) is 9.60. The zero-order chi connectivity index (χ0) is 27.2. The molecule has 8 heteroatoms. The number of aliphatic imine (C=N–C) groups is 2. The summed E-state index contributed by atoms with van der Waals surface area (Å²) in [6.45, 7) is 2.04. The molecular formula is C32H25ClN6O. The minimum Gasteiger partial charge on any atom is -0.496 e. The van der Waals surface area contributed by atoms with Crippen LogP contribution in [-0.4, -0.2) is 28.6 Å². The number of nitrogens with zero attached hydrogens (tertiary/aromatic N) is 5. The Morgan fingerprint density at radius 2 is 1.55 bits per heavy atom. The molecule has 7 nitrogen and oxygen atoms in total. The van der Waals surface area contributed by atoms with E-state index in [2.05, 4.69) is 22.3 Å². The Hall–Kier alpha value is -4.88. The van der Waals surface area contributed by atoms with Gasteiger partial charge >= 0.3 is 0 Å². The molecular weight excluding hydrogens is 520 g/mol. The van der Waals surface area contributed by atoms with Crippen molar-refractivity contribution >= 4 is 46.2 Å². The maximum atomic E-state index is 6.17. The average molecular weight is 545 g/mol. The van der Waals surface area contributed by atoms with Crippen LogP contribution in [0.5, 0.6) is 5.75 Å². The summed E-state index contributed by atoms with van der Waals surface area (Å²) in [5.41, 5.74) is 6.51. The Morgan fingerprint density at radius 3 is 2.35 bits per heavy atom. The van der Waals surface area contributed by atoms with Gasteiger partial charge in [0.15, 0.2) is 17.5 Å². The predicted molar refractivity (Wildman–Crippen MR) is 161 cm³/mol. The topological polar surface area (TPSA) is 67.0 Å². The van der Waals surface area contributed by atoms with Crippen LogP contribution in [0.3, 0.4) is 0 Å². The summed E-state index contributed by atoms with van der Waals surface area (Å²) in [7, 11) is 1.71. The molecule has 7 rings (SSSR count). The Morgan fingerprint density at radius 1 is 0.825 bits per heavy atom. The summed E-state index contributed by atoms with van der Waals surface area (Å²) < 4.78 is 7.81. The van der Waals surface area contributed by atoms with Gasteiger partial charge in [-0.05, 0) is 61.5 Å². The number of hydrogen-bond donors (Lipinski definition) is 1. The summed E-state index contributed by atoms with van der Waals surface area (Å²) >= 11 is 6.17. The number of benzene rings is 4. The predicted octanol–water partition coefficient (Wildman–Crippen LogP) is 7.64. The molecule has 0 saturated heterocycles. The third kappa shape index (κ3) is 3.94. The highest BCUT2D eigenvalue weighted by Gasteiger charge is 2.42. The van der Waals surface area contributed by atoms with E-state index in [9.17, 15) is 0 Å². The van der Waals surface area contributed by atoms with E-state index in [1.807, 2.05) is 103 Å². The quantitative estimate of drug-likeness (QED) is 0.252. The molecule has 1 N–H and O–H groups in total. The first-order valence-corrected chi connectivity index (χ1v) is 13.4. The van der Waals surface area contributed by atoms with Crippen molar-refractivity contribution in [1.82, 2.24) is 9.78 Å². The molecule has 2 aliphatic heterocycles. The van der Waals surface area contributed by atoms with Crippen LogP contribution < -0.4 is 15.0 Å². The Kier molecular flexibility index (Phi) is 5.86. The van der Waals surface area contributed by atoms with Crippen molar-refractivity contribution in [3.63, 3.8) is 0 Å². The lowest BCUT2D eigenvalue weighted by Crippen LogP contribution is -2.46. The molecule has 2 aliphatic rings. The number of para-hydroxylation sites is 4. The Bertz CT molecular complexity index is 1790. The molecule has 0 amide bonds. The highest BCUT2D eigenvalue weighted by molar-refractivity contribution is 6.51. The minimum absolute atomic E-state index is 0.269. The monoisotopic (exact) mass is 544 g/mol. The van der Waals surface area contributed by atoms with E-state index in [4.69, 9.17) is 31.4 Å². The van der Waals surface area contributed by atoms with E-state index in [1.165, 1.54) is 0 Å². The number of rotatable bonds is 4. The number of aryl methyl sites for hydroxylation is 1. The van der Waals surface area contributed by atoms with E-state index in [-0.39, 0.29) is 6.04 Å². The number of amidine groups is 2. The number of halogens is 1. The van der Waals surface area contributed by atoms with Gasteiger partial charge in [-0.3, -0.25) is 0 Å². The van der Waals surface area contributed by atoms with Crippen molar-refractivity contribution in [2.75, 3.05) is 17.3 Å². The summed E-state index contributed by atoms with van der Waals surface area (Å²) in [5.74, 6) is 2.87. The van der Waals surface area contributed by atoms with Crippen LogP contribution in [0.25, 0.3) is 5.69 Å². The summed E-state index contributed by atoms with van der Waals surface area (Å²) in [6.07, 6.45) is 0. The van der Waals surface area contributed by atoms with Crippen LogP contribution >= 0.6 is 11.6 Å². The molecule has 196 valence electrons. The van der Waals surface area contributed by atoms with Gasteiger partial charge in [0, 0.05) is 21.8 Å². The molecule has 40 heavy (non-hydrogen) atoms. The van der Waals surface area contributed by atoms with Gasteiger partial charge in [-0.1, -0.05) is 60.1 Å². The highest BCUT2D eigenvalue weighted by atomic mass is 35.5. The van der Waals surface area contributed by atoms with E-state index in [0.29, 0.717) is 16.7 Å². The third-order valence-corrected chi connectivity index (χ3v) is 7.43. The van der Waals surface area contributed by atoms with Crippen LogP contribution in [-0.2, 0) is 0 Å². The second kappa shape index (κ2) is 9.70. The molecule has 0 fully saturated rings. The summed E-state index contributed by atoms with van der Waals surface area (Å²) in [5, 5.41) is 9.16. The third-order valence-electron chi connectivity index (χ3n) is 7.18. The second-order valence-corrected chi connectivity index (χ2v) is 10.0. The van der Waals surface area contributed by atoms with Crippen molar-refractivity contribution in [2.24, 2.45) is 9.98 Å². The molecule has 5 aromatic rings. The molecule has 0 spiro atoms. The van der Waals surface area contributed by atoms with Crippen LogP contribution in [0, 0.1) is 6.92 Å². The van der Waals surface area contributed by atoms with Gasteiger partial charge in [0.2, 0.25) is 0 Å². The van der Waals surface area contributed by atoms with Crippen molar-refractivity contribution in [3.8, 4) is 11.4 Å². The van der Waals surface area contributed by atoms with Gasteiger partial charge in [0.25, 0.3) is 0 Å². The van der Waals surface area contributed by atoms with Crippen molar-refractivity contribution in [1.29, 1.82) is 0 Å². The van der Waals surface area contributed by atoms with Gasteiger partial charge in [0.05, 0.1) is 35.9 Å². The van der Waals surface area contributed by atoms with Crippen LogP contribution in [0.15, 0.2) is 113 Å². The van der Waals surface area contributed by atoms with E-state index < -0.39 is 0 Å². The number of anilines is 2. The van der Waals surface area contributed by atoms with Crippen LogP contribution in [0.4, 0.5) is 22.9 Å². The number of hydrogen-bond acceptors (Lipinski definition) is 6. The zero-order valence-corrected chi connectivity index (χ0v) is 22.7. The average Bonchev–Trinajstić information content (AvgIpc) is 3.33. The standard InChI is InChI=1S/C32H25ClN6O/c1-20-28-29(24-12-6-9-15-27(24)40-2)38-26-14-8-7-13-25(26)35-30(34-22-18-16-21(33)17-19-22)32(38)36-31(28)39(37-20)23-10-4-3-5-11-23/h3-19,29H,1-2H3,(H,34,35)/t29-/m0/s1. The van der Waals surface area contributed by atoms with Gasteiger partial charge in [-0.15, -0.1) is 0 Å². The first-order chi connectivity index (χ1) is 19.6. The summed E-state index contributed by atoms with van der Waals surface area (Å²) in [6, 6.07) is 33.6. The number of methoxy groups -OCH3 is 1. The molecule has 0 radical (unpaired) electrons. The molecule has 1 atom stereocenters. The van der Waals surface area contributed by atoms with E-state index in [0.717, 1.165) is 51.1 Å². The smallest absolute Gasteiger partial charge is 0.179 e. The largest absolute Gasteiger partial charge is 0.496 e. The van der Waals surface area contributed by atoms with Crippen LogP contribution in [0.2, 0.25) is 5.02 Å². The van der Waals surface area contributed by atoms with Gasteiger partial charge in [0.1, 0.15) is 5.75 Å². The molecule has 1 aromatic heterocycles. The zero-order valence-electron chi connectivity index (χ0n) is 21.9. The fourth-order valence-electron chi connectivity index (χ4n) is 5.40. The molecule has 0 bridgehead atoms. The number of ether oxygens (including phenoxy) is 1. The maximum absolute atomic E-state index is 6.17. The first-order valence-electron chi connectivity index (χ1n) is 13.0. The van der Waals surface area contributed by atoms with E-state index >= 15 is 0 Å². The molecule has 0 aliphatic carbocycles. The normalized spacial score (nSPS) is 15.4.